The Hall–Kier alpha value is -0.120. The number of nitrogens with one attached hydrogen (secondary N) is 1. The third-order valence-electron chi connectivity index (χ3n) is 4.74. The molecule has 3 atom stereocenters. The molecule has 1 fully saturated rings. The first-order chi connectivity index (χ1) is 8.99. The minimum absolute atomic E-state index is 0.139. The van der Waals surface area contributed by atoms with Crippen LogP contribution in [0.1, 0.15) is 66.2 Å². The van der Waals surface area contributed by atoms with Crippen molar-refractivity contribution in [2.75, 3.05) is 13.2 Å². The number of hydrogen-bond donors (Lipinski definition) is 2. The van der Waals surface area contributed by atoms with E-state index in [9.17, 15) is 5.11 Å². The molecule has 3 heteroatoms. The van der Waals surface area contributed by atoms with E-state index in [2.05, 4.69) is 33.0 Å². The maximum Gasteiger partial charge on any atom is 0.0898 e. The maximum atomic E-state index is 10.0. The van der Waals surface area contributed by atoms with E-state index in [-0.39, 0.29) is 5.54 Å². The van der Waals surface area contributed by atoms with E-state index in [1.54, 1.807) is 0 Å². The summed E-state index contributed by atoms with van der Waals surface area (Å²) >= 11 is 0. The van der Waals surface area contributed by atoms with Crippen LogP contribution in [0.25, 0.3) is 0 Å². The summed E-state index contributed by atoms with van der Waals surface area (Å²) in [5.41, 5.74) is 0.139. The average Bonchev–Trinajstić information content (AvgIpc) is 2.42. The van der Waals surface area contributed by atoms with Gasteiger partial charge in [-0.3, -0.25) is 0 Å². The van der Waals surface area contributed by atoms with Crippen molar-refractivity contribution in [3.05, 3.63) is 0 Å². The first-order valence-electron chi connectivity index (χ1n) is 8.03. The van der Waals surface area contributed by atoms with E-state index in [0.717, 1.165) is 31.6 Å². The van der Waals surface area contributed by atoms with E-state index in [0.29, 0.717) is 19.3 Å². The summed E-state index contributed by atoms with van der Waals surface area (Å²) in [6, 6.07) is 0. The Morgan fingerprint density at radius 2 is 2.00 bits per heavy atom. The Morgan fingerprint density at radius 1 is 1.32 bits per heavy atom. The first-order valence-corrected chi connectivity index (χ1v) is 8.03. The fraction of sp³-hybridized carbons (Fsp3) is 1.00. The monoisotopic (exact) mass is 271 g/mol. The Morgan fingerprint density at radius 3 is 2.58 bits per heavy atom. The van der Waals surface area contributed by atoms with Crippen molar-refractivity contribution in [3.63, 3.8) is 0 Å². The number of hydrogen-bond acceptors (Lipinski definition) is 3. The molecule has 0 aromatic carbocycles. The Labute approximate surface area is 119 Å². The van der Waals surface area contributed by atoms with E-state index in [4.69, 9.17) is 4.74 Å². The van der Waals surface area contributed by atoms with Crippen LogP contribution in [0.3, 0.4) is 0 Å². The Balaban J connectivity index is 2.18. The van der Waals surface area contributed by atoms with Gasteiger partial charge in [0.2, 0.25) is 0 Å². The summed E-state index contributed by atoms with van der Waals surface area (Å²) < 4.78 is 5.86. The standard InChI is InChI=1S/C16H33NO2/c1-5-16(4,6-2)17-11-14(18)12-19-15-9-7-8-13(3)10-15/h13-15,17-18H,5-12H2,1-4H3. The van der Waals surface area contributed by atoms with Crippen LogP contribution in [0.4, 0.5) is 0 Å². The molecule has 2 N–H and O–H groups in total. The molecular weight excluding hydrogens is 238 g/mol. The molecule has 3 unspecified atom stereocenters. The highest BCUT2D eigenvalue weighted by molar-refractivity contribution is 4.81. The second-order valence-corrected chi connectivity index (χ2v) is 6.53. The molecule has 0 spiro atoms. The largest absolute Gasteiger partial charge is 0.389 e. The van der Waals surface area contributed by atoms with E-state index < -0.39 is 6.10 Å². The van der Waals surface area contributed by atoms with Gasteiger partial charge in [0.05, 0.1) is 18.8 Å². The van der Waals surface area contributed by atoms with Crippen molar-refractivity contribution in [2.45, 2.75) is 84.0 Å². The first kappa shape index (κ1) is 16.9. The third-order valence-corrected chi connectivity index (χ3v) is 4.74. The van der Waals surface area contributed by atoms with E-state index >= 15 is 0 Å². The summed E-state index contributed by atoms with van der Waals surface area (Å²) in [6.45, 7) is 9.96. The lowest BCUT2D eigenvalue weighted by molar-refractivity contribution is -0.0323. The van der Waals surface area contributed by atoms with Gasteiger partial charge < -0.3 is 15.2 Å². The molecule has 0 aromatic rings. The van der Waals surface area contributed by atoms with E-state index in [1.165, 1.54) is 12.8 Å². The van der Waals surface area contributed by atoms with Crippen molar-refractivity contribution >= 4 is 0 Å². The van der Waals surface area contributed by atoms with Crippen LogP contribution in [-0.4, -0.2) is 36.0 Å². The molecule has 0 radical (unpaired) electrons. The fourth-order valence-corrected chi connectivity index (χ4v) is 2.70. The normalized spacial score (nSPS) is 26.4. The van der Waals surface area contributed by atoms with Gasteiger partial charge in [-0.25, -0.2) is 0 Å². The molecule has 1 aliphatic rings. The van der Waals surface area contributed by atoms with Gasteiger partial charge in [-0.15, -0.1) is 0 Å². The Kier molecular flexibility index (Phi) is 7.33. The Bertz CT molecular complexity index is 241. The van der Waals surface area contributed by atoms with Crippen LogP contribution in [0.15, 0.2) is 0 Å². The molecule has 1 saturated carbocycles. The predicted octanol–water partition coefficient (Wildman–Crippen LogP) is 3.11. The predicted molar refractivity (Wildman–Crippen MR) is 80.4 cm³/mol. The van der Waals surface area contributed by atoms with Crippen LogP contribution < -0.4 is 5.32 Å². The zero-order chi connectivity index (χ0) is 14.3. The van der Waals surface area contributed by atoms with Crippen LogP contribution in [-0.2, 0) is 4.74 Å². The molecular formula is C16H33NO2. The van der Waals surface area contributed by atoms with Gasteiger partial charge in [0.15, 0.2) is 0 Å². The molecule has 114 valence electrons. The molecule has 0 aliphatic heterocycles. The highest BCUT2D eigenvalue weighted by atomic mass is 16.5. The quantitative estimate of drug-likeness (QED) is 0.713. The molecule has 3 nitrogen and oxygen atoms in total. The highest BCUT2D eigenvalue weighted by Crippen LogP contribution is 2.25. The summed E-state index contributed by atoms with van der Waals surface area (Å²) in [7, 11) is 0. The smallest absolute Gasteiger partial charge is 0.0898 e. The van der Waals surface area contributed by atoms with Crippen molar-refractivity contribution in [3.8, 4) is 0 Å². The topological polar surface area (TPSA) is 41.5 Å². The van der Waals surface area contributed by atoms with Crippen molar-refractivity contribution in [1.29, 1.82) is 0 Å². The molecule has 1 aliphatic carbocycles. The molecule has 0 amide bonds. The SMILES string of the molecule is CCC(C)(CC)NCC(O)COC1CCCC(C)C1. The van der Waals surface area contributed by atoms with Crippen LogP contribution >= 0.6 is 0 Å². The second kappa shape index (κ2) is 8.23. The second-order valence-electron chi connectivity index (χ2n) is 6.53. The zero-order valence-electron chi connectivity index (χ0n) is 13.2. The van der Waals surface area contributed by atoms with Gasteiger partial charge >= 0.3 is 0 Å². The lowest BCUT2D eigenvalue weighted by Gasteiger charge is -2.31. The van der Waals surface area contributed by atoms with Gasteiger partial charge in [-0.2, -0.15) is 0 Å². The van der Waals surface area contributed by atoms with E-state index in [1.807, 2.05) is 0 Å². The average molecular weight is 271 g/mol. The molecule has 0 heterocycles. The van der Waals surface area contributed by atoms with Gasteiger partial charge in [-0.1, -0.05) is 33.6 Å². The number of rotatable bonds is 8. The summed E-state index contributed by atoms with van der Waals surface area (Å²) in [4.78, 5) is 0. The van der Waals surface area contributed by atoms with Crippen molar-refractivity contribution < 1.29 is 9.84 Å². The molecule has 1 rings (SSSR count). The van der Waals surface area contributed by atoms with Gasteiger partial charge in [-0.05, 0) is 38.5 Å². The fourth-order valence-electron chi connectivity index (χ4n) is 2.70. The third kappa shape index (κ3) is 6.24. The van der Waals surface area contributed by atoms with Gasteiger partial charge in [0.25, 0.3) is 0 Å². The van der Waals surface area contributed by atoms with Gasteiger partial charge in [0.1, 0.15) is 0 Å². The number of aliphatic hydroxyl groups is 1. The van der Waals surface area contributed by atoms with Crippen LogP contribution in [0.2, 0.25) is 0 Å². The maximum absolute atomic E-state index is 10.0. The van der Waals surface area contributed by atoms with Crippen molar-refractivity contribution in [1.82, 2.24) is 5.32 Å². The summed E-state index contributed by atoms with van der Waals surface area (Å²) in [6.07, 6.45) is 7.04. The number of ether oxygens (including phenoxy) is 1. The van der Waals surface area contributed by atoms with Crippen LogP contribution in [0, 0.1) is 5.92 Å². The molecule has 19 heavy (non-hydrogen) atoms. The molecule has 0 aromatic heterocycles. The number of aliphatic hydroxyl groups excluding tert-OH is 1. The van der Waals surface area contributed by atoms with Crippen LogP contribution in [0.5, 0.6) is 0 Å². The lowest BCUT2D eigenvalue weighted by atomic mass is 9.89. The molecule has 0 saturated heterocycles. The summed E-state index contributed by atoms with van der Waals surface area (Å²) in [5.74, 6) is 0.775. The van der Waals surface area contributed by atoms with Gasteiger partial charge in [0, 0.05) is 12.1 Å². The summed E-state index contributed by atoms with van der Waals surface area (Å²) in [5, 5.41) is 13.5. The minimum Gasteiger partial charge on any atom is -0.389 e. The lowest BCUT2D eigenvalue weighted by Crippen LogP contribution is -2.46. The highest BCUT2D eigenvalue weighted by Gasteiger charge is 2.22. The zero-order valence-corrected chi connectivity index (χ0v) is 13.2. The van der Waals surface area contributed by atoms with Crippen molar-refractivity contribution in [2.24, 2.45) is 5.92 Å². The minimum atomic E-state index is -0.394. The molecule has 0 bridgehead atoms. The number of β-amino-alcohol motifs (C(OH)–C–C–N with tert-alkyl or cyclic N) is 1.